The van der Waals surface area contributed by atoms with Crippen LogP contribution in [0.5, 0.6) is 0 Å². The van der Waals surface area contributed by atoms with Crippen molar-refractivity contribution in [3.8, 4) is 0 Å². The molecule has 0 aliphatic carbocycles. The lowest BCUT2D eigenvalue weighted by Crippen LogP contribution is -2.41. The molecule has 0 aliphatic heterocycles. The molecule has 2 amide bonds. The van der Waals surface area contributed by atoms with Crippen LogP contribution in [0.15, 0.2) is 24.3 Å². The molecule has 0 saturated heterocycles. The van der Waals surface area contributed by atoms with Crippen LogP contribution < -0.4 is 5.32 Å². The smallest absolute Gasteiger partial charge is 0.317 e. The Morgan fingerprint density at radius 3 is 2.58 bits per heavy atom. The molecule has 0 aromatic heterocycles. The Bertz CT molecular complexity index is 403. The van der Waals surface area contributed by atoms with Crippen LogP contribution >= 0.6 is 0 Å². The molecule has 106 valence electrons. The minimum Gasteiger partial charge on any atom is -0.331 e. The summed E-state index contributed by atoms with van der Waals surface area (Å²) < 4.78 is 0. The van der Waals surface area contributed by atoms with E-state index in [4.69, 9.17) is 0 Å². The summed E-state index contributed by atoms with van der Waals surface area (Å²) >= 11 is 0. The highest BCUT2D eigenvalue weighted by atomic mass is 16.2. The van der Waals surface area contributed by atoms with Gasteiger partial charge in [-0.1, -0.05) is 37.6 Å². The summed E-state index contributed by atoms with van der Waals surface area (Å²) in [6, 6.07) is 8.26. The first kappa shape index (κ1) is 15.5. The maximum Gasteiger partial charge on any atom is 0.317 e. The fourth-order valence-electron chi connectivity index (χ4n) is 2.18. The predicted octanol–water partition coefficient (Wildman–Crippen LogP) is 3.89. The van der Waals surface area contributed by atoms with E-state index in [0.29, 0.717) is 0 Å². The number of unbranched alkanes of at least 4 members (excludes halogenated alkanes) is 1. The van der Waals surface area contributed by atoms with Crippen molar-refractivity contribution in [1.29, 1.82) is 0 Å². The summed E-state index contributed by atoms with van der Waals surface area (Å²) in [5, 5.41) is 3.08. The molecule has 0 fully saturated rings. The molecule has 1 aromatic rings. The van der Waals surface area contributed by atoms with Gasteiger partial charge < -0.3 is 10.2 Å². The summed E-state index contributed by atoms with van der Waals surface area (Å²) in [5.74, 6) is 0. The van der Waals surface area contributed by atoms with Gasteiger partial charge >= 0.3 is 6.03 Å². The van der Waals surface area contributed by atoms with Gasteiger partial charge in [-0.05, 0) is 38.3 Å². The van der Waals surface area contributed by atoms with Crippen LogP contribution in [0, 0.1) is 6.92 Å². The summed E-state index contributed by atoms with van der Waals surface area (Å²) in [6.07, 6.45) is 2.16. The minimum absolute atomic E-state index is 0.0340. The quantitative estimate of drug-likeness (QED) is 0.829. The number of urea groups is 1. The monoisotopic (exact) mass is 262 g/mol. The standard InChI is InChI=1S/C16H26N2O/c1-5-7-12-18(6-2)16(19)17-14(4)15-11-9-8-10-13(15)3/h8-11,14H,5-7,12H2,1-4H3,(H,17,19). The lowest BCUT2D eigenvalue weighted by Gasteiger charge is -2.24. The molecule has 1 atom stereocenters. The number of carbonyl (C=O) groups excluding carboxylic acids is 1. The average Bonchev–Trinajstić information content (AvgIpc) is 2.40. The third-order valence-electron chi connectivity index (χ3n) is 3.45. The normalized spacial score (nSPS) is 12.0. The van der Waals surface area contributed by atoms with E-state index in [0.717, 1.165) is 25.9 Å². The van der Waals surface area contributed by atoms with Gasteiger partial charge in [0, 0.05) is 13.1 Å². The van der Waals surface area contributed by atoms with Crippen molar-refractivity contribution in [3.63, 3.8) is 0 Å². The molecule has 3 nitrogen and oxygen atoms in total. The van der Waals surface area contributed by atoms with Gasteiger partial charge in [0.1, 0.15) is 0 Å². The van der Waals surface area contributed by atoms with E-state index >= 15 is 0 Å². The molecule has 3 heteroatoms. The molecule has 0 radical (unpaired) electrons. The predicted molar refractivity (Wildman–Crippen MR) is 80.3 cm³/mol. The van der Waals surface area contributed by atoms with Crippen molar-refractivity contribution < 1.29 is 4.79 Å². The second-order valence-electron chi connectivity index (χ2n) is 4.96. The SMILES string of the molecule is CCCCN(CC)C(=O)NC(C)c1ccccc1C. The van der Waals surface area contributed by atoms with Gasteiger partial charge in [0.25, 0.3) is 0 Å². The molecular weight excluding hydrogens is 236 g/mol. The van der Waals surface area contributed by atoms with E-state index in [1.807, 2.05) is 30.9 Å². The lowest BCUT2D eigenvalue weighted by atomic mass is 10.0. The highest BCUT2D eigenvalue weighted by Gasteiger charge is 2.15. The number of aryl methyl sites for hydroxylation is 1. The highest BCUT2D eigenvalue weighted by Crippen LogP contribution is 2.16. The summed E-state index contributed by atoms with van der Waals surface area (Å²) in [5.41, 5.74) is 2.40. The van der Waals surface area contributed by atoms with Crippen LogP contribution in [-0.4, -0.2) is 24.0 Å². The Hall–Kier alpha value is -1.51. The Labute approximate surface area is 117 Å². The van der Waals surface area contributed by atoms with Crippen LogP contribution in [0.25, 0.3) is 0 Å². The zero-order chi connectivity index (χ0) is 14.3. The van der Waals surface area contributed by atoms with Gasteiger partial charge in [-0.15, -0.1) is 0 Å². The molecule has 1 unspecified atom stereocenters. The zero-order valence-corrected chi connectivity index (χ0v) is 12.6. The van der Waals surface area contributed by atoms with Crippen LogP contribution in [0.3, 0.4) is 0 Å². The molecule has 1 aromatic carbocycles. The second kappa shape index (κ2) is 7.82. The highest BCUT2D eigenvalue weighted by molar-refractivity contribution is 5.74. The van der Waals surface area contributed by atoms with Crippen molar-refractivity contribution in [2.24, 2.45) is 0 Å². The van der Waals surface area contributed by atoms with E-state index in [-0.39, 0.29) is 12.1 Å². The minimum atomic E-state index is 0.0340. The Balaban J connectivity index is 2.62. The van der Waals surface area contributed by atoms with Crippen molar-refractivity contribution in [2.45, 2.75) is 46.6 Å². The number of rotatable bonds is 6. The van der Waals surface area contributed by atoms with Crippen molar-refractivity contribution in [3.05, 3.63) is 35.4 Å². The number of hydrogen-bond donors (Lipinski definition) is 1. The Morgan fingerprint density at radius 1 is 1.32 bits per heavy atom. The average molecular weight is 262 g/mol. The lowest BCUT2D eigenvalue weighted by molar-refractivity contribution is 0.196. The van der Waals surface area contributed by atoms with Crippen molar-refractivity contribution >= 4 is 6.03 Å². The second-order valence-corrected chi connectivity index (χ2v) is 4.96. The summed E-state index contributed by atoms with van der Waals surface area (Å²) in [4.78, 5) is 14.1. The van der Waals surface area contributed by atoms with E-state index < -0.39 is 0 Å². The topological polar surface area (TPSA) is 32.3 Å². The van der Waals surface area contributed by atoms with Crippen LogP contribution in [0.1, 0.15) is 50.8 Å². The maximum absolute atomic E-state index is 12.2. The molecule has 0 heterocycles. The largest absolute Gasteiger partial charge is 0.331 e. The molecular formula is C16H26N2O. The summed E-state index contributed by atoms with van der Waals surface area (Å²) in [7, 11) is 0. The number of carbonyl (C=O) groups is 1. The first-order valence-corrected chi connectivity index (χ1v) is 7.21. The number of benzene rings is 1. The number of amides is 2. The van der Waals surface area contributed by atoms with Gasteiger partial charge in [-0.25, -0.2) is 4.79 Å². The van der Waals surface area contributed by atoms with Crippen LogP contribution in [0.2, 0.25) is 0 Å². The van der Waals surface area contributed by atoms with E-state index in [1.165, 1.54) is 11.1 Å². The molecule has 1 rings (SSSR count). The third-order valence-corrected chi connectivity index (χ3v) is 3.45. The van der Waals surface area contributed by atoms with Crippen LogP contribution in [0.4, 0.5) is 4.79 Å². The van der Waals surface area contributed by atoms with E-state index in [1.54, 1.807) is 0 Å². The molecule has 0 aliphatic rings. The van der Waals surface area contributed by atoms with Gasteiger partial charge in [0.2, 0.25) is 0 Å². The molecule has 19 heavy (non-hydrogen) atoms. The van der Waals surface area contributed by atoms with E-state index in [9.17, 15) is 4.79 Å². The molecule has 0 spiro atoms. The summed E-state index contributed by atoms with van der Waals surface area (Å²) in [6.45, 7) is 9.86. The Kier molecular flexibility index (Phi) is 6.40. The molecule has 0 bridgehead atoms. The van der Waals surface area contributed by atoms with Gasteiger partial charge in [-0.2, -0.15) is 0 Å². The number of nitrogens with one attached hydrogen (secondary N) is 1. The molecule has 1 N–H and O–H groups in total. The number of hydrogen-bond acceptors (Lipinski definition) is 1. The Morgan fingerprint density at radius 2 is 2.00 bits per heavy atom. The van der Waals surface area contributed by atoms with Gasteiger partial charge in [0.05, 0.1) is 6.04 Å². The first-order chi connectivity index (χ1) is 9.10. The number of nitrogens with zero attached hydrogens (tertiary/aromatic N) is 1. The van der Waals surface area contributed by atoms with Gasteiger partial charge in [0.15, 0.2) is 0 Å². The molecule has 0 saturated carbocycles. The maximum atomic E-state index is 12.2. The van der Waals surface area contributed by atoms with Crippen LogP contribution in [-0.2, 0) is 0 Å². The zero-order valence-electron chi connectivity index (χ0n) is 12.6. The van der Waals surface area contributed by atoms with E-state index in [2.05, 4.69) is 31.3 Å². The van der Waals surface area contributed by atoms with Gasteiger partial charge in [-0.3, -0.25) is 0 Å². The first-order valence-electron chi connectivity index (χ1n) is 7.21. The fraction of sp³-hybridized carbons (Fsp3) is 0.562. The fourth-order valence-corrected chi connectivity index (χ4v) is 2.18. The van der Waals surface area contributed by atoms with Crippen molar-refractivity contribution in [1.82, 2.24) is 10.2 Å². The van der Waals surface area contributed by atoms with Crippen molar-refractivity contribution in [2.75, 3.05) is 13.1 Å². The third kappa shape index (κ3) is 4.58.